The molecule has 3 aromatic rings. The van der Waals surface area contributed by atoms with Gasteiger partial charge in [0.25, 0.3) is 0 Å². The van der Waals surface area contributed by atoms with Crippen molar-refractivity contribution in [1.82, 2.24) is 14.8 Å². The molecule has 0 atom stereocenters. The predicted molar refractivity (Wildman–Crippen MR) is 135 cm³/mol. The van der Waals surface area contributed by atoms with Crippen LogP contribution in [0.4, 0.5) is 5.00 Å². The fourth-order valence-electron chi connectivity index (χ4n) is 3.87. The van der Waals surface area contributed by atoms with Crippen LogP contribution in [-0.2, 0) is 30.8 Å². The summed E-state index contributed by atoms with van der Waals surface area (Å²) in [5, 5.41) is 22.4. The van der Waals surface area contributed by atoms with Crippen molar-refractivity contribution in [2.45, 2.75) is 57.3 Å². The molecule has 1 N–H and O–H groups in total. The second-order valence-corrected chi connectivity index (χ2v) is 10.2. The van der Waals surface area contributed by atoms with E-state index in [0.717, 1.165) is 37.0 Å². The van der Waals surface area contributed by atoms with Crippen LogP contribution in [0.5, 0.6) is 5.75 Å². The molecule has 1 aliphatic rings. The fourth-order valence-corrected chi connectivity index (χ4v) is 5.89. The molecule has 9 heteroatoms. The number of nitriles is 1. The maximum absolute atomic E-state index is 12.7. The second kappa shape index (κ2) is 11.4. The molecule has 0 spiro atoms. The van der Waals surface area contributed by atoms with Crippen LogP contribution in [-0.4, -0.2) is 26.4 Å². The number of rotatable bonds is 9. The number of ether oxygens (including phenoxy) is 1. The molecule has 34 heavy (non-hydrogen) atoms. The number of nitrogens with one attached hydrogen (secondary N) is 1. The van der Waals surface area contributed by atoms with E-state index in [1.807, 2.05) is 35.8 Å². The standard InChI is InChI=1S/C25H27N5O2S2/c1-3-13-30-22(15-32-18-11-9-17(2)10-12-18)28-29-25(30)33-16-23(31)27-24-20(14-26)19-7-5-4-6-8-21(19)34-24/h3,9-12H,1,4-8,13,15-16H2,2H3,(H,27,31). The van der Waals surface area contributed by atoms with Gasteiger partial charge in [0.05, 0.1) is 11.3 Å². The van der Waals surface area contributed by atoms with Gasteiger partial charge in [0, 0.05) is 11.4 Å². The Balaban J connectivity index is 1.39. The van der Waals surface area contributed by atoms with E-state index in [4.69, 9.17) is 4.74 Å². The minimum atomic E-state index is -0.163. The molecule has 0 unspecified atom stereocenters. The zero-order valence-corrected chi connectivity index (χ0v) is 20.8. The first kappa shape index (κ1) is 24.0. The third-order valence-electron chi connectivity index (χ3n) is 5.61. The number of thioether (sulfide) groups is 1. The number of carbonyl (C=O) groups is 1. The lowest BCUT2D eigenvalue weighted by molar-refractivity contribution is -0.113. The van der Waals surface area contributed by atoms with Gasteiger partial charge in [-0.3, -0.25) is 9.36 Å². The number of aromatic nitrogens is 3. The lowest BCUT2D eigenvalue weighted by atomic mass is 10.1. The summed E-state index contributed by atoms with van der Waals surface area (Å²) in [5.41, 5.74) is 2.92. The molecule has 0 fully saturated rings. The average Bonchev–Trinajstić information content (AvgIpc) is 3.28. The quantitative estimate of drug-likeness (QED) is 0.248. The van der Waals surface area contributed by atoms with E-state index in [9.17, 15) is 10.1 Å². The number of benzene rings is 1. The highest BCUT2D eigenvalue weighted by Crippen LogP contribution is 2.37. The zero-order valence-electron chi connectivity index (χ0n) is 19.2. The van der Waals surface area contributed by atoms with Crippen LogP contribution in [0.25, 0.3) is 0 Å². The SMILES string of the molecule is C=CCn1c(COc2ccc(C)cc2)nnc1SCC(=O)Nc1sc2c(c1C#N)CCCCC2. The predicted octanol–water partition coefficient (Wildman–Crippen LogP) is 5.28. The van der Waals surface area contributed by atoms with Gasteiger partial charge in [-0.15, -0.1) is 28.1 Å². The summed E-state index contributed by atoms with van der Waals surface area (Å²) in [4.78, 5) is 13.9. The monoisotopic (exact) mass is 493 g/mol. The van der Waals surface area contributed by atoms with E-state index < -0.39 is 0 Å². The Morgan fingerprint density at radius 3 is 2.85 bits per heavy atom. The van der Waals surface area contributed by atoms with Crippen LogP contribution in [0.1, 0.15) is 46.7 Å². The fraction of sp³-hybridized carbons (Fsp3) is 0.360. The minimum Gasteiger partial charge on any atom is -0.486 e. The van der Waals surface area contributed by atoms with Crippen molar-refractivity contribution in [2.24, 2.45) is 0 Å². The first-order chi connectivity index (χ1) is 16.6. The van der Waals surface area contributed by atoms with E-state index in [0.29, 0.717) is 28.1 Å². The topological polar surface area (TPSA) is 92.8 Å². The second-order valence-electron chi connectivity index (χ2n) is 8.12. The van der Waals surface area contributed by atoms with Crippen molar-refractivity contribution < 1.29 is 9.53 Å². The highest BCUT2D eigenvalue weighted by Gasteiger charge is 2.21. The van der Waals surface area contributed by atoms with Crippen LogP contribution in [0, 0.1) is 18.3 Å². The molecular weight excluding hydrogens is 466 g/mol. The Morgan fingerprint density at radius 1 is 1.29 bits per heavy atom. The maximum atomic E-state index is 12.7. The van der Waals surface area contributed by atoms with Gasteiger partial charge in [-0.25, -0.2) is 0 Å². The van der Waals surface area contributed by atoms with Crippen LogP contribution in [0.15, 0.2) is 42.1 Å². The van der Waals surface area contributed by atoms with Gasteiger partial charge in [-0.05, 0) is 50.3 Å². The number of hydrogen-bond donors (Lipinski definition) is 1. The van der Waals surface area contributed by atoms with E-state index >= 15 is 0 Å². The summed E-state index contributed by atoms with van der Waals surface area (Å²) in [7, 11) is 0. The molecule has 2 heterocycles. The molecule has 0 aliphatic heterocycles. The Bertz CT molecular complexity index is 1210. The molecule has 0 radical (unpaired) electrons. The van der Waals surface area contributed by atoms with Crippen molar-refractivity contribution in [2.75, 3.05) is 11.1 Å². The summed E-state index contributed by atoms with van der Waals surface area (Å²) in [6.07, 6.45) is 7.08. The largest absolute Gasteiger partial charge is 0.486 e. The molecule has 176 valence electrons. The third kappa shape index (κ3) is 5.69. The van der Waals surface area contributed by atoms with Crippen molar-refractivity contribution in [1.29, 1.82) is 5.26 Å². The number of nitrogens with zero attached hydrogens (tertiary/aromatic N) is 4. The summed E-state index contributed by atoms with van der Waals surface area (Å²) >= 11 is 2.85. The lowest BCUT2D eigenvalue weighted by Crippen LogP contribution is -2.15. The zero-order chi connectivity index (χ0) is 23.9. The van der Waals surface area contributed by atoms with Crippen LogP contribution >= 0.6 is 23.1 Å². The van der Waals surface area contributed by atoms with Crippen LogP contribution < -0.4 is 10.1 Å². The molecule has 1 amide bonds. The minimum absolute atomic E-state index is 0.163. The van der Waals surface area contributed by atoms with Gasteiger partial charge in [0.1, 0.15) is 23.4 Å². The normalized spacial score (nSPS) is 12.9. The average molecular weight is 494 g/mol. The number of amides is 1. The molecule has 0 saturated heterocycles. The first-order valence-corrected chi connectivity index (χ1v) is 13.1. The molecule has 1 aromatic carbocycles. The van der Waals surface area contributed by atoms with E-state index in [1.165, 1.54) is 28.6 Å². The molecule has 2 aromatic heterocycles. The Hall–Kier alpha value is -3.09. The number of hydrogen-bond acceptors (Lipinski definition) is 7. The van der Waals surface area contributed by atoms with Crippen LogP contribution in [0.2, 0.25) is 0 Å². The number of anilines is 1. The number of carbonyl (C=O) groups excluding carboxylic acids is 1. The Kier molecular flexibility index (Phi) is 8.03. The van der Waals surface area contributed by atoms with Crippen molar-refractivity contribution in [3.05, 3.63) is 64.3 Å². The summed E-state index contributed by atoms with van der Waals surface area (Å²) < 4.78 is 7.75. The Morgan fingerprint density at radius 2 is 2.09 bits per heavy atom. The van der Waals surface area contributed by atoms with Gasteiger partial charge in [-0.1, -0.05) is 42.0 Å². The number of aryl methyl sites for hydroxylation is 2. The molecule has 7 nitrogen and oxygen atoms in total. The third-order valence-corrected chi connectivity index (χ3v) is 7.79. The van der Waals surface area contributed by atoms with E-state index in [2.05, 4.69) is 28.2 Å². The van der Waals surface area contributed by atoms with Gasteiger partial charge in [-0.2, -0.15) is 5.26 Å². The van der Waals surface area contributed by atoms with Crippen molar-refractivity contribution in [3.8, 4) is 11.8 Å². The van der Waals surface area contributed by atoms with Gasteiger partial charge >= 0.3 is 0 Å². The molecule has 1 aliphatic carbocycles. The summed E-state index contributed by atoms with van der Waals surface area (Å²) in [6, 6.07) is 10.1. The maximum Gasteiger partial charge on any atom is 0.235 e. The van der Waals surface area contributed by atoms with Crippen LogP contribution in [0.3, 0.4) is 0 Å². The van der Waals surface area contributed by atoms with E-state index in [1.54, 1.807) is 17.4 Å². The summed E-state index contributed by atoms with van der Waals surface area (Å²) in [6.45, 7) is 6.63. The van der Waals surface area contributed by atoms with Gasteiger partial charge < -0.3 is 10.1 Å². The smallest absolute Gasteiger partial charge is 0.235 e. The van der Waals surface area contributed by atoms with E-state index in [-0.39, 0.29) is 18.3 Å². The van der Waals surface area contributed by atoms with Gasteiger partial charge in [0.15, 0.2) is 11.0 Å². The number of thiophene rings is 1. The van der Waals surface area contributed by atoms with Gasteiger partial charge in [0.2, 0.25) is 5.91 Å². The molecule has 4 rings (SSSR count). The number of fused-ring (bicyclic) bond motifs is 1. The van der Waals surface area contributed by atoms with Crippen molar-refractivity contribution in [3.63, 3.8) is 0 Å². The summed E-state index contributed by atoms with van der Waals surface area (Å²) in [5.74, 6) is 1.43. The highest BCUT2D eigenvalue weighted by molar-refractivity contribution is 7.99. The molecule has 0 saturated carbocycles. The molecular formula is C25H27N5O2S2. The first-order valence-electron chi connectivity index (χ1n) is 11.3. The number of allylic oxidation sites excluding steroid dienone is 1. The molecule has 0 bridgehead atoms. The van der Waals surface area contributed by atoms with Crippen molar-refractivity contribution >= 4 is 34.0 Å². The Labute approximate surface area is 207 Å². The lowest BCUT2D eigenvalue weighted by Gasteiger charge is -2.09. The highest BCUT2D eigenvalue weighted by atomic mass is 32.2.